The van der Waals surface area contributed by atoms with Gasteiger partial charge in [-0.2, -0.15) is 0 Å². The zero-order valence-electron chi connectivity index (χ0n) is 6.57. The van der Waals surface area contributed by atoms with Gasteiger partial charge in [-0.05, 0) is 0 Å². The summed E-state index contributed by atoms with van der Waals surface area (Å²) in [6.45, 7) is 4.65. The van der Waals surface area contributed by atoms with Crippen LogP contribution in [0.1, 0.15) is 15.3 Å². The standard InChI is InChI=1S/C4H12BN.Na.H/c1-3-5(6)4-2;;/h3-4,6H2,1-2H3;;/q;+1;-1. The molecule has 0 atom stereocenters. The molecule has 0 aromatic carbocycles. The molecule has 0 saturated heterocycles. The molecule has 38 valence electrons. The Bertz CT molecular complexity index is 35.2. The smallest absolute Gasteiger partial charge is 1.00 e. The molecule has 0 fully saturated rings. The van der Waals surface area contributed by atoms with Crippen LogP contribution in [0.4, 0.5) is 0 Å². The fourth-order valence-electron chi connectivity index (χ4n) is 0.289. The molecular formula is C4H13BNNa. The average molecular weight is 109 g/mol. The van der Waals surface area contributed by atoms with E-state index in [1.54, 1.807) is 0 Å². The summed E-state index contributed by atoms with van der Waals surface area (Å²) in [5.41, 5.74) is 5.47. The van der Waals surface area contributed by atoms with Crippen LogP contribution in [-0.2, 0) is 0 Å². The van der Waals surface area contributed by atoms with Crippen LogP contribution in [0.15, 0.2) is 0 Å². The van der Waals surface area contributed by atoms with E-state index in [0.717, 1.165) is 12.6 Å². The Morgan fingerprint density at radius 1 is 1.43 bits per heavy atom. The quantitative estimate of drug-likeness (QED) is 0.411. The van der Waals surface area contributed by atoms with Gasteiger partial charge < -0.3 is 7.07 Å². The molecule has 0 rings (SSSR count). The van der Waals surface area contributed by atoms with E-state index in [4.69, 9.17) is 5.64 Å². The van der Waals surface area contributed by atoms with Gasteiger partial charge in [0.1, 0.15) is 0 Å². The number of hydrogen-bond donors (Lipinski definition) is 1. The summed E-state index contributed by atoms with van der Waals surface area (Å²) in [5, 5.41) is 0. The molecule has 2 N–H and O–H groups in total. The molecule has 0 aromatic rings. The van der Waals surface area contributed by atoms with Gasteiger partial charge >= 0.3 is 29.6 Å². The van der Waals surface area contributed by atoms with Crippen LogP contribution < -0.4 is 35.2 Å². The van der Waals surface area contributed by atoms with Crippen LogP contribution in [0.25, 0.3) is 0 Å². The Labute approximate surface area is 69.9 Å². The van der Waals surface area contributed by atoms with Gasteiger partial charge in [0.05, 0.1) is 0 Å². The summed E-state index contributed by atoms with van der Waals surface area (Å²) >= 11 is 0. The summed E-state index contributed by atoms with van der Waals surface area (Å²) in [6.07, 6.45) is 2.22. The molecule has 0 bridgehead atoms. The minimum Gasteiger partial charge on any atom is -1.00 e. The maximum atomic E-state index is 5.47. The predicted molar refractivity (Wildman–Crippen MR) is 32.0 cm³/mol. The molecule has 0 aromatic heterocycles. The zero-order valence-corrected chi connectivity index (χ0v) is 7.57. The first-order valence-electron chi connectivity index (χ1n) is 2.56. The summed E-state index contributed by atoms with van der Waals surface area (Å²) in [4.78, 5) is 0. The Morgan fingerprint density at radius 2 is 1.71 bits per heavy atom. The van der Waals surface area contributed by atoms with Gasteiger partial charge in [-0.3, -0.25) is 0 Å². The van der Waals surface area contributed by atoms with Crippen LogP contribution in [0, 0.1) is 0 Å². The van der Waals surface area contributed by atoms with E-state index in [1.165, 1.54) is 0 Å². The van der Waals surface area contributed by atoms with Crippen molar-refractivity contribution in [2.75, 3.05) is 0 Å². The third kappa shape index (κ3) is 7.02. The maximum Gasteiger partial charge on any atom is 1.00 e. The molecule has 0 aliphatic heterocycles. The van der Waals surface area contributed by atoms with Crippen LogP contribution in [0.5, 0.6) is 0 Å². The fraction of sp³-hybridized carbons (Fsp3) is 1.00. The van der Waals surface area contributed by atoms with Gasteiger partial charge in [0, 0.05) is 0 Å². The van der Waals surface area contributed by atoms with Crippen molar-refractivity contribution in [3.8, 4) is 0 Å². The van der Waals surface area contributed by atoms with Gasteiger partial charge in [-0.15, -0.1) is 0 Å². The Kier molecular flexibility index (Phi) is 10.9. The minimum atomic E-state index is 0. The van der Waals surface area contributed by atoms with Crippen LogP contribution in [0.3, 0.4) is 0 Å². The maximum absolute atomic E-state index is 5.47. The first-order valence-corrected chi connectivity index (χ1v) is 2.56. The van der Waals surface area contributed by atoms with Crippen molar-refractivity contribution in [1.82, 2.24) is 0 Å². The minimum absolute atomic E-state index is 0. The van der Waals surface area contributed by atoms with E-state index in [1.807, 2.05) is 0 Å². The number of nitrogens with two attached hydrogens (primary N) is 1. The summed E-state index contributed by atoms with van der Waals surface area (Å²) < 4.78 is 0. The average Bonchev–Trinajstić information content (AvgIpc) is 1.65. The van der Waals surface area contributed by atoms with E-state index in [2.05, 4.69) is 13.8 Å². The molecule has 0 radical (unpaired) electrons. The van der Waals surface area contributed by atoms with Gasteiger partial charge in [-0.25, -0.2) is 0 Å². The monoisotopic (exact) mass is 109 g/mol. The Balaban J connectivity index is -0.000000125. The van der Waals surface area contributed by atoms with E-state index >= 15 is 0 Å². The van der Waals surface area contributed by atoms with Crippen molar-refractivity contribution in [3.05, 3.63) is 0 Å². The van der Waals surface area contributed by atoms with E-state index in [9.17, 15) is 0 Å². The molecule has 1 nitrogen and oxygen atoms in total. The Hall–Kier alpha value is 1.02. The van der Waals surface area contributed by atoms with Crippen molar-refractivity contribution >= 4 is 6.85 Å². The van der Waals surface area contributed by atoms with Crippen LogP contribution >= 0.6 is 0 Å². The molecule has 0 amide bonds. The third-order valence-corrected chi connectivity index (χ3v) is 1.05. The molecule has 3 heteroatoms. The van der Waals surface area contributed by atoms with Gasteiger partial charge in [-0.1, -0.05) is 26.5 Å². The van der Waals surface area contributed by atoms with Crippen molar-refractivity contribution in [2.24, 2.45) is 5.64 Å². The summed E-state index contributed by atoms with van der Waals surface area (Å²) in [6, 6.07) is 0. The second kappa shape index (κ2) is 7.02. The first-order chi connectivity index (χ1) is 2.81. The van der Waals surface area contributed by atoms with E-state index in [0.29, 0.717) is 6.85 Å². The fourth-order valence-corrected chi connectivity index (χ4v) is 0.289. The van der Waals surface area contributed by atoms with E-state index in [-0.39, 0.29) is 31.0 Å². The first kappa shape index (κ1) is 10.9. The summed E-state index contributed by atoms with van der Waals surface area (Å²) in [5.74, 6) is 0. The topological polar surface area (TPSA) is 26.0 Å². The molecule has 0 aliphatic rings. The van der Waals surface area contributed by atoms with Gasteiger partial charge in [0.2, 0.25) is 6.85 Å². The van der Waals surface area contributed by atoms with Gasteiger partial charge in [0.15, 0.2) is 0 Å². The second-order valence-electron chi connectivity index (χ2n) is 1.58. The molecule has 0 aliphatic carbocycles. The second-order valence-corrected chi connectivity index (χ2v) is 1.58. The SMILES string of the molecule is CCB(N)CC.[H-].[Na+]. The Morgan fingerprint density at radius 3 is 1.71 bits per heavy atom. The number of hydrogen-bond acceptors (Lipinski definition) is 1. The number of rotatable bonds is 2. The zero-order chi connectivity index (χ0) is 4.99. The molecule has 0 heterocycles. The normalized spacial score (nSPS) is 7.29. The third-order valence-electron chi connectivity index (χ3n) is 1.05. The van der Waals surface area contributed by atoms with Crippen molar-refractivity contribution in [2.45, 2.75) is 26.5 Å². The molecular weight excluding hydrogens is 95.9 g/mol. The van der Waals surface area contributed by atoms with Crippen molar-refractivity contribution in [1.29, 1.82) is 0 Å². The van der Waals surface area contributed by atoms with Crippen LogP contribution in [-0.4, -0.2) is 6.85 Å². The summed E-state index contributed by atoms with van der Waals surface area (Å²) in [7, 11) is 0. The van der Waals surface area contributed by atoms with Gasteiger partial charge in [0.25, 0.3) is 0 Å². The molecule has 0 spiro atoms. The van der Waals surface area contributed by atoms with E-state index < -0.39 is 0 Å². The van der Waals surface area contributed by atoms with Crippen molar-refractivity contribution in [3.63, 3.8) is 0 Å². The van der Waals surface area contributed by atoms with Crippen molar-refractivity contribution < 1.29 is 31.0 Å². The molecule has 0 unspecified atom stereocenters. The molecule has 0 saturated carbocycles. The van der Waals surface area contributed by atoms with Crippen LogP contribution in [0.2, 0.25) is 12.6 Å². The largest absolute Gasteiger partial charge is 1.00 e. The predicted octanol–water partition coefficient (Wildman–Crippen LogP) is -1.91. The molecule has 7 heavy (non-hydrogen) atoms.